The third kappa shape index (κ3) is 5.75. The lowest BCUT2D eigenvalue weighted by Crippen LogP contribution is -2.24. The van der Waals surface area contributed by atoms with Gasteiger partial charge in [0, 0.05) is 15.7 Å². The molecular weight excluding hydrogens is 485 g/mol. The first-order valence-electron chi connectivity index (χ1n) is 10.2. The monoisotopic (exact) mass is 505 g/mol. The molecule has 33 heavy (non-hydrogen) atoms. The van der Waals surface area contributed by atoms with E-state index in [-0.39, 0.29) is 12.4 Å². The summed E-state index contributed by atoms with van der Waals surface area (Å²) in [6.45, 7) is 2.22. The molecule has 4 aromatic carbocycles. The molecule has 0 aliphatic rings. The number of nitrogens with zero attached hydrogens (tertiary/aromatic N) is 1. The molecule has 0 radical (unpaired) electrons. The Kier molecular flexibility index (Phi) is 7.00. The number of carbonyl (C=O) groups is 1. The van der Waals surface area contributed by atoms with Gasteiger partial charge in [-0.2, -0.15) is 5.10 Å². The third-order valence-electron chi connectivity index (χ3n) is 5.01. The second kappa shape index (κ2) is 10.3. The summed E-state index contributed by atoms with van der Waals surface area (Å²) in [5.74, 6) is 0.312. The quantitative estimate of drug-likeness (QED) is 0.224. The van der Waals surface area contributed by atoms with Crippen LogP contribution in [0.4, 0.5) is 14.9 Å². The van der Waals surface area contributed by atoms with E-state index in [9.17, 15) is 9.18 Å². The summed E-state index contributed by atoms with van der Waals surface area (Å²) in [7, 11) is 0. The van der Waals surface area contributed by atoms with Crippen LogP contribution >= 0.6 is 15.9 Å². The molecule has 0 bridgehead atoms. The molecule has 0 spiro atoms. The highest BCUT2D eigenvalue weighted by Crippen LogP contribution is 2.27. The maximum absolute atomic E-state index is 13.2. The number of fused-ring (bicyclic) bond motifs is 1. The number of benzene rings is 4. The maximum Gasteiger partial charge on any atom is 0.339 e. The molecule has 0 saturated heterocycles. The molecule has 2 amide bonds. The van der Waals surface area contributed by atoms with Crippen LogP contribution in [0, 0.1) is 12.7 Å². The smallest absolute Gasteiger partial charge is 0.339 e. The Morgan fingerprint density at radius 2 is 1.85 bits per heavy atom. The summed E-state index contributed by atoms with van der Waals surface area (Å²) < 4.78 is 20.1. The highest BCUT2D eigenvalue weighted by Gasteiger charge is 2.09. The number of halogens is 2. The van der Waals surface area contributed by atoms with E-state index in [1.165, 1.54) is 12.1 Å². The van der Waals surface area contributed by atoms with E-state index in [1.807, 2.05) is 55.5 Å². The summed E-state index contributed by atoms with van der Waals surface area (Å²) in [6, 6.07) is 22.9. The van der Waals surface area contributed by atoms with Gasteiger partial charge in [0.25, 0.3) is 0 Å². The first kappa shape index (κ1) is 22.5. The molecule has 4 aromatic rings. The Morgan fingerprint density at radius 3 is 2.64 bits per heavy atom. The fraction of sp³-hybridized carbons (Fsp3) is 0.0769. The number of urea groups is 1. The first-order chi connectivity index (χ1) is 16.0. The summed E-state index contributed by atoms with van der Waals surface area (Å²) in [4.78, 5) is 12.3. The minimum absolute atomic E-state index is 0.274. The van der Waals surface area contributed by atoms with Crippen molar-refractivity contribution in [3.8, 4) is 5.75 Å². The third-order valence-corrected chi connectivity index (χ3v) is 5.90. The normalized spacial score (nSPS) is 11.0. The van der Waals surface area contributed by atoms with Crippen LogP contribution in [-0.2, 0) is 6.61 Å². The Balaban J connectivity index is 1.51. The lowest BCUT2D eigenvalue weighted by molar-refractivity contribution is 0.252. The van der Waals surface area contributed by atoms with Crippen molar-refractivity contribution in [2.45, 2.75) is 13.5 Å². The highest BCUT2D eigenvalue weighted by atomic mass is 79.9. The van der Waals surface area contributed by atoms with Gasteiger partial charge in [0.2, 0.25) is 0 Å². The summed E-state index contributed by atoms with van der Waals surface area (Å²) >= 11 is 3.44. The second-order valence-corrected chi connectivity index (χ2v) is 8.26. The summed E-state index contributed by atoms with van der Waals surface area (Å²) in [5, 5.41) is 8.83. The van der Waals surface area contributed by atoms with Crippen LogP contribution < -0.4 is 15.5 Å². The molecule has 5 nitrogen and oxygen atoms in total. The van der Waals surface area contributed by atoms with Gasteiger partial charge in [0.15, 0.2) is 0 Å². The number of amides is 2. The van der Waals surface area contributed by atoms with Gasteiger partial charge in [-0.05, 0) is 65.2 Å². The number of carbonyl (C=O) groups excluding carboxylic acids is 1. The van der Waals surface area contributed by atoms with Crippen LogP contribution in [0.1, 0.15) is 16.7 Å². The first-order valence-corrected chi connectivity index (χ1v) is 11.0. The topological polar surface area (TPSA) is 62.7 Å². The lowest BCUT2D eigenvalue weighted by atomic mass is 10.0. The minimum atomic E-state index is -0.456. The van der Waals surface area contributed by atoms with Crippen LogP contribution in [0.3, 0.4) is 0 Å². The van der Waals surface area contributed by atoms with Crippen molar-refractivity contribution in [3.05, 3.63) is 106 Å². The molecule has 0 aliphatic heterocycles. The predicted octanol–water partition coefficient (Wildman–Crippen LogP) is 6.78. The summed E-state index contributed by atoms with van der Waals surface area (Å²) in [5.41, 5.74) is 5.74. The number of hydrazone groups is 1. The molecule has 0 atom stereocenters. The lowest BCUT2D eigenvalue weighted by Gasteiger charge is -2.12. The number of aryl methyl sites for hydroxylation is 1. The van der Waals surface area contributed by atoms with Crippen LogP contribution in [0.5, 0.6) is 5.75 Å². The van der Waals surface area contributed by atoms with Crippen molar-refractivity contribution in [1.29, 1.82) is 0 Å². The molecule has 0 aliphatic carbocycles. The van der Waals surface area contributed by atoms with Gasteiger partial charge in [-0.15, -0.1) is 0 Å². The van der Waals surface area contributed by atoms with Gasteiger partial charge in [0.05, 0.1) is 6.21 Å². The van der Waals surface area contributed by atoms with Gasteiger partial charge >= 0.3 is 6.03 Å². The Bertz CT molecular complexity index is 1320. The number of ether oxygens (including phenoxy) is 1. The summed E-state index contributed by atoms with van der Waals surface area (Å²) in [6.07, 6.45) is 1.56. The number of anilines is 1. The average Bonchev–Trinajstić information content (AvgIpc) is 2.81. The fourth-order valence-corrected chi connectivity index (χ4v) is 3.56. The fourth-order valence-electron chi connectivity index (χ4n) is 3.31. The van der Waals surface area contributed by atoms with Gasteiger partial charge in [-0.1, -0.05) is 58.4 Å². The molecule has 0 aromatic heterocycles. The van der Waals surface area contributed by atoms with E-state index in [2.05, 4.69) is 31.8 Å². The van der Waals surface area contributed by atoms with E-state index in [1.54, 1.807) is 24.4 Å². The van der Waals surface area contributed by atoms with Crippen molar-refractivity contribution in [2.24, 2.45) is 5.10 Å². The Morgan fingerprint density at radius 1 is 1.06 bits per heavy atom. The van der Waals surface area contributed by atoms with Crippen LogP contribution in [-0.4, -0.2) is 12.2 Å². The van der Waals surface area contributed by atoms with Crippen LogP contribution in [0.15, 0.2) is 88.4 Å². The molecular formula is C26H21BrFN3O2. The molecule has 2 N–H and O–H groups in total. The molecule has 0 saturated carbocycles. The second-order valence-electron chi connectivity index (χ2n) is 7.40. The zero-order chi connectivity index (χ0) is 23.2. The Labute approximate surface area is 199 Å². The van der Waals surface area contributed by atoms with E-state index in [0.717, 1.165) is 31.9 Å². The zero-order valence-corrected chi connectivity index (χ0v) is 19.4. The van der Waals surface area contributed by atoms with Crippen LogP contribution in [0.2, 0.25) is 0 Å². The average molecular weight is 506 g/mol. The number of hydrogen-bond donors (Lipinski definition) is 2. The minimum Gasteiger partial charge on any atom is -0.488 e. The van der Waals surface area contributed by atoms with Crippen molar-refractivity contribution in [1.82, 2.24) is 5.43 Å². The number of rotatable bonds is 6. The van der Waals surface area contributed by atoms with E-state index in [0.29, 0.717) is 11.4 Å². The number of hydrogen-bond acceptors (Lipinski definition) is 3. The van der Waals surface area contributed by atoms with Gasteiger partial charge in [-0.3, -0.25) is 0 Å². The van der Waals surface area contributed by atoms with E-state index >= 15 is 0 Å². The molecule has 7 heteroatoms. The van der Waals surface area contributed by atoms with E-state index < -0.39 is 6.03 Å². The maximum atomic E-state index is 13.2. The van der Waals surface area contributed by atoms with Gasteiger partial charge in [-0.25, -0.2) is 14.6 Å². The van der Waals surface area contributed by atoms with Crippen molar-refractivity contribution < 1.29 is 13.9 Å². The Hall–Kier alpha value is -3.71. The standard InChI is InChI=1S/C26H21BrFN3O2/c1-17-14-21(11-12-24(17)27)30-26(32)31-29-15-23-22-5-3-2-4-19(22)8-13-25(23)33-16-18-6-9-20(28)10-7-18/h2-15H,16H2,1H3,(H2,30,31,32)/b29-15+. The molecule has 0 unspecified atom stereocenters. The van der Waals surface area contributed by atoms with Crippen molar-refractivity contribution in [3.63, 3.8) is 0 Å². The zero-order valence-electron chi connectivity index (χ0n) is 17.8. The van der Waals surface area contributed by atoms with Crippen molar-refractivity contribution in [2.75, 3.05) is 5.32 Å². The molecule has 166 valence electrons. The van der Waals surface area contributed by atoms with Crippen LogP contribution in [0.25, 0.3) is 10.8 Å². The van der Waals surface area contributed by atoms with Gasteiger partial charge in [0.1, 0.15) is 18.2 Å². The molecule has 4 rings (SSSR count). The predicted molar refractivity (Wildman–Crippen MR) is 133 cm³/mol. The molecule has 0 fully saturated rings. The largest absolute Gasteiger partial charge is 0.488 e. The van der Waals surface area contributed by atoms with Crippen molar-refractivity contribution >= 4 is 44.6 Å². The highest BCUT2D eigenvalue weighted by molar-refractivity contribution is 9.10. The number of nitrogens with one attached hydrogen (secondary N) is 2. The van der Waals surface area contributed by atoms with E-state index in [4.69, 9.17) is 4.74 Å². The SMILES string of the molecule is Cc1cc(NC(=O)N/N=C/c2c(OCc3ccc(F)cc3)ccc3ccccc23)ccc1Br. The molecule has 0 heterocycles. The van der Waals surface area contributed by atoms with Gasteiger partial charge < -0.3 is 10.1 Å².